The van der Waals surface area contributed by atoms with E-state index in [1.54, 1.807) is 44.2 Å². The highest BCUT2D eigenvalue weighted by molar-refractivity contribution is 5.95. The van der Waals surface area contributed by atoms with Crippen molar-refractivity contribution in [1.29, 1.82) is 0 Å². The molecule has 11 nitrogen and oxygen atoms in total. The Morgan fingerprint density at radius 1 is 0.938 bits per heavy atom. The molecular weight excluding hydrogens is 420 g/mol. The van der Waals surface area contributed by atoms with E-state index >= 15 is 0 Å². The van der Waals surface area contributed by atoms with Gasteiger partial charge in [-0.05, 0) is 11.5 Å². The van der Waals surface area contributed by atoms with Crippen molar-refractivity contribution in [3.63, 3.8) is 0 Å². The van der Waals surface area contributed by atoms with Crippen molar-refractivity contribution in [3.8, 4) is 0 Å². The lowest BCUT2D eigenvalue weighted by molar-refractivity contribution is -0.144. The summed E-state index contributed by atoms with van der Waals surface area (Å²) in [6, 6.07) is 4.85. The summed E-state index contributed by atoms with van der Waals surface area (Å²) < 4.78 is 0. The van der Waals surface area contributed by atoms with Crippen LogP contribution in [0.2, 0.25) is 0 Å². The van der Waals surface area contributed by atoms with Gasteiger partial charge in [0.2, 0.25) is 17.7 Å². The number of benzene rings is 1. The molecule has 0 heterocycles. The van der Waals surface area contributed by atoms with Crippen molar-refractivity contribution < 1.29 is 34.2 Å². The van der Waals surface area contributed by atoms with Crippen molar-refractivity contribution in [2.45, 2.75) is 51.2 Å². The minimum absolute atomic E-state index is 0.0237. The minimum Gasteiger partial charge on any atom is -0.481 e. The van der Waals surface area contributed by atoms with Gasteiger partial charge in [-0.2, -0.15) is 0 Å². The van der Waals surface area contributed by atoms with E-state index in [-0.39, 0.29) is 12.3 Å². The van der Waals surface area contributed by atoms with Gasteiger partial charge in [-0.3, -0.25) is 19.2 Å². The third-order valence-electron chi connectivity index (χ3n) is 4.91. The molecule has 176 valence electrons. The van der Waals surface area contributed by atoms with Crippen LogP contribution in [-0.4, -0.2) is 64.5 Å². The topological polar surface area (TPSA) is 188 Å². The Bertz CT molecular complexity index is 816. The van der Waals surface area contributed by atoms with E-state index in [0.717, 1.165) is 0 Å². The molecule has 0 saturated heterocycles. The van der Waals surface area contributed by atoms with Crippen LogP contribution < -0.4 is 21.7 Å². The maximum atomic E-state index is 12.9. The van der Waals surface area contributed by atoms with E-state index in [1.807, 2.05) is 0 Å². The molecule has 3 amide bonds. The average molecular weight is 450 g/mol. The zero-order valence-corrected chi connectivity index (χ0v) is 18.0. The molecule has 0 fully saturated rings. The van der Waals surface area contributed by atoms with E-state index < -0.39 is 60.8 Å². The number of carbonyl (C=O) groups excluding carboxylic acids is 3. The molecule has 32 heavy (non-hydrogen) atoms. The highest BCUT2D eigenvalue weighted by atomic mass is 16.4. The molecule has 1 aromatic carbocycles. The summed E-state index contributed by atoms with van der Waals surface area (Å²) in [6.45, 7) is 3.01. The summed E-state index contributed by atoms with van der Waals surface area (Å²) in [4.78, 5) is 60.0. The van der Waals surface area contributed by atoms with Gasteiger partial charge in [-0.25, -0.2) is 4.79 Å². The number of nitrogens with two attached hydrogens (primary N) is 1. The van der Waals surface area contributed by atoms with Crippen molar-refractivity contribution in [1.82, 2.24) is 16.0 Å². The normalized spacial score (nSPS) is 14.3. The minimum atomic E-state index is -1.46. The SMILES string of the molecule is CCC(C)C(NC(=O)C(Cc1ccccc1)NC(=O)C(CC(=O)O)NC(=O)CN)C(=O)O. The van der Waals surface area contributed by atoms with Crippen LogP contribution in [-0.2, 0) is 30.4 Å². The largest absolute Gasteiger partial charge is 0.481 e. The molecule has 0 bridgehead atoms. The first-order chi connectivity index (χ1) is 15.1. The smallest absolute Gasteiger partial charge is 0.326 e. The number of nitrogens with one attached hydrogen (secondary N) is 3. The Balaban J connectivity index is 3.12. The van der Waals surface area contributed by atoms with Crippen molar-refractivity contribution >= 4 is 29.7 Å². The van der Waals surface area contributed by atoms with Crippen molar-refractivity contribution in [2.24, 2.45) is 11.7 Å². The van der Waals surface area contributed by atoms with Crippen LogP contribution in [0.4, 0.5) is 0 Å². The van der Waals surface area contributed by atoms with E-state index in [2.05, 4.69) is 16.0 Å². The molecule has 0 aromatic heterocycles. The summed E-state index contributed by atoms with van der Waals surface area (Å²) in [6.07, 6.45) is -0.198. The number of carbonyl (C=O) groups is 5. The number of aliphatic carboxylic acids is 2. The second-order valence-corrected chi connectivity index (χ2v) is 7.38. The summed E-state index contributed by atoms with van der Waals surface area (Å²) in [5.41, 5.74) is 5.90. The third-order valence-corrected chi connectivity index (χ3v) is 4.91. The van der Waals surface area contributed by atoms with Gasteiger partial charge in [-0.1, -0.05) is 50.6 Å². The average Bonchev–Trinajstić information content (AvgIpc) is 2.75. The fourth-order valence-electron chi connectivity index (χ4n) is 2.91. The van der Waals surface area contributed by atoms with Gasteiger partial charge >= 0.3 is 11.9 Å². The van der Waals surface area contributed by atoms with E-state index in [9.17, 15) is 29.1 Å². The molecule has 0 aliphatic carbocycles. The Morgan fingerprint density at radius 3 is 2.03 bits per heavy atom. The van der Waals surface area contributed by atoms with Crippen molar-refractivity contribution in [2.75, 3.05) is 6.54 Å². The molecule has 0 aliphatic rings. The number of hydrogen-bond acceptors (Lipinski definition) is 6. The van der Waals surface area contributed by atoms with Crippen LogP contribution in [0, 0.1) is 5.92 Å². The predicted molar refractivity (Wildman–Crippen MR) is 114 cm³/mol. The van der Waals surface area contributed by atoms with Crippen LogP contribution in [0.25, 0.3) is 0 Å². The van der Waals surface area contributed by atoms with Crippen LogP contribution >= 0.6 is 0 Å². The molecule has 0 radical (unpaired) electrons. The van der Waals surface area contributed by atoms with Crippen LogP contribution in [0.15, 0.2) is 30.3 Å². The fraction of sp³-hybridized carbons (Fsp3) is 0.476. The lowest BCUT2D eigenvalue weighted by Gasteiger charge is -2.26. The van der Waals surface area contributed by atoms with Crippen LogP contribution in [0.3, 0.4) is 0 Å². The predicted octanol–water partition coefficient (Wildman–Crippen LogP) is -0.752. The van der Waals surface area contributed by atoms with Crippen LogP contribution in [0.1, 0.15) is 32.3 Å². The fourth-order valence-corrected chi connectivity index (χ4v) is 2.91. The highest BCUT2D eigenvalue weighted by Crippen LogP contribution is 2.10. The van der Waals surface area contributed by atoms with Gasteiger partial charge < -0.3 is 31.9 Å². The van der Waals surface area contributed by atoms with Gasteiger partial charge in [0.15, 0.2) is 0 Å². The summed E-state index contributed by atoms with van der Waals surface area (Å²) >= 11 is 0. The Hall–Kier alpha value is -3.47. The lowest BCUT2D eigenvalue weighted by Crippen LogP contribution is -2.57. The van der Waals surface area contributed by atoms with Crippen LogP contribution in [0.5, 0.6) is 0 Å². The molecule has 0 spiro atoms. The van der Waals surface area contributed by atoms with E-state index in [1.165, 1.54) is 0 Å². The number of carboxylic acids is 2. The van der Waals surface area contributed by atoms with E-state index in [0.29, 0.717) is 12.0 Å². The standard InChI is InChI=1S/C21H30N4O7/c1-3-12(2)18(21(31)32)25-20(30)14(9-13-7-5-4-6-8-13)24-19(29)15(10-17(27)28)23-16(26)11-22/h4-8,12,14-15,18H,3,9-11,22H2,1-2H3,(H,23,26)(H,24,29)(H,25,30)(H,27,28)(H,31,32). The molecule has 4 unspecified atom stereocenters. The zero-order valence-electron chi connectivity index (χ0n) is 18.0. The highest BCUT2D eigenvalue weighted by Gasteiger charge is 2.32. The maximum absolute atomic E-state index is 12.9. The van der Waals surface area contributed by atoms with Crippen molar-refractivity contribution in [3.05, 3.63) is 35.9 Å². The number of carboxylic acid groups (broad SMARTS) is 2. The van der Waals surface area contributed by atoms with E-state index in [4.69, 9.17) is 10.8 Å². The number of rotatable bonds is 13. The molecular formula is C21H30N4O7. The number of hydrogen-bond donors (Lipinski definition) is 6. The van der Waals surface area contributed by atoms with Gasteiger partial charge in [-0.15, -0.1) is 0 Å². The molecule has 1 aromatic rings. The third kappa shape index (κ3) is 8.72. The number of amides is 3. The maximum Gasteiger partial charge on any atom is 0.326 e. The monoisotopic (exact) mass is 450 g/mol. The first-order valence-electron chi connectivity index (χ1n) is 10.2. The zero-order chi connectivity index (χ0) is 24.3. The first-order valence-corrected chi connectivity index (χ1v) is 10.2. The second-order valence-electron chi connectivity index (χ2n) is 7.38. The van der Waals surface area contributed by atoms with Gasteiger partial charge in [0.1, 0.15) is 18.1 Å². The Morgan fingerprint density at radius 2 is 1.53 bits per heavy atom. The van der Waals surface area contributed by atoms with Gasteiger partial charge in [0, 0.05) is 6.42 Å². The summed E-state index contributed by atoms with van der Waals surface area (Å²) in [7, 11) is 0. The molecule has 11 heteroatoms. The summed E-state index contributed by atoms with van der Waals surface area (Å²) in [5, 5.41) is 25.6. The molecule has 0 aliphatic heterocycles. The first kappa shape index (κ1) is 26.6. The Kier molecular flexibility index (Phi) is 10.8. The Labute approximate surface area is 185 Å². The summed E-state index contributed by atoms with van der Waals surface area (Å²) in [5.74, 6) is -5.30. The molecule has 1 rings (SSSR count). The second kappa shape index (κ2) is 13.1. The van der Waals surface area contributed by atoms with Gasteiger partial charge in [0.25, 0.3) is 0 Å². The quantitative estimate of drug-likeness (QED) is 0.226. The lowest BCUT2D eigenvalue weighted by atomic mass is 9.98. The van der Waals surface area contributed by atoms with Gasteiger partial charge in [0.05, 0.1) is 13.0 Å². The molecule has 7 N–H and O–H groups in total. The molecule has 0 saturated carbocycles. The molecule has 4 atom stereocenters.